The van der Waals surface area contributed by atoms with Gasteiger partial charge in [0.25, 0.3) is 0 Å². The Balaban J connectivity index is 2.15. The fourth-order valence-electron chi connectivity index (χ4n) is 2.84. The Bertz CT molecular complexity index is 479. The third-order valence-electron chi connectivity index (χ3n) is 3.59. The van der Waals surface area contributed by atoms with E-state index in [4.69, 9.17) is 0 Å². The second-order valence-corrected chi connectivity index (χ2v) is 4.90. The number of aldehydes is 1. The lowest BCUT2D eigenvalue weighted by Gasteiger charge is -2.10. The van der Waals surface area contributed by atoms with Crippen LogP contribution in [0.15, 0.2) is 29.9 Å². The minimum atomic E-state index is 0.568. The maximum absolute atomic E-state index is 10.8. The van der Waals surface area contributed by atoms with E-state index in [9.17, 15) is 4.79 Å². The van der Waals surface area contributed by atoms with Gasteiger partial charge in [0.1, 0.15) is 0 Å². The minimum absolute atomic E-state index is 0.568. The number of rotatable bonds is 5. The summed E-state index contributed by atoms with van der Waals surface area (Å²) in [5, 5.41) is 0. The van der Waals surface area contributed by atoms with Crippen LogP contribution in [0.1, 0.15) is 60.8 Å². The van der Waals surface area contributed by atoms with E-state index >= 15 is 0 Å². The van der Waals surface area contributed by atoms with Crippen LogP contribution in [0, 0.1) is 0 Å². The van der Waals surface area contributed by atoms with Gasteiger partial charge in [-0.1, -0.05) is 30.7 Å². The summed E-state index contributed by atoms with van der Waals surface area (Å²) in [6.07, 6.45) is 11.9. The normalized spacial score (nSPS) is 19.4. The summed E-state index contributed by atoms with van der Waals surface area (Å²) in [7, 11) is 0. The van der Waals surface area contributed by atoms with Gasteiger partial charge < -0.3 is 4.98 Å². The number of allylic oxidation sites excluding steroid dienone is 4. The molecule has 2 rings (SSSR count). The summed E-state index contributed by atoms with van der Waals surface area (Å²) in [4.78, 5) is 14.0. The number of fused-ring (bicyclic) bond motifs is 1. The van der Waals surface area contributed by atoms with Gasteiger partial charge in [-0.15, -0.1) is 0 Å². The molecule has 1 unspecified atom stereocenters. The molecule has 2 heteroatoms. The molecule has 0 spiro atoms. The molecular weight excluding hydrogens is 222 g/mol. The Morgan fingerprint density at radius 3 is 3.06 bits per heavy atom. The first kappa shape index (κ1) is 12.9. The first-order valence-corrected chi connectivity index (χ1v) is 6.77. The number of aromatic nitrogens is 1. The molecule has 1 atom stereocenters. The summed E-state index contributed by atoms with van der Waals surface area (Å²) in [6.45, 7) is 4.23. The second kappa shape index (κ2) is 5.85. The molecule has 2 nitrogen and oxygen atoms in total. The van der Waals surface area contributed by atoms with E-state index in [2.05, 4.69) is 37.1 Å². The molecule has 0 radical (unpaired) electrons. The number of H-pyrrole nitrogens is 1. The predicted octanol–water partition coefficient (Wildman–Crippen LogP) is 4.16. The molecule has 0 aromatic carbocycles. The van der Waals surface area contributed by atoms with Gasteiger partial charge in [-0.2, -0.15) is 0 Å². The van der Waals surface area contributed by atoms with Crippen molar-refractivity contribution in [2.24, 2.45) is 0 Å². The fourth-order valence-corrected chi connectivity index (χ4v) is 2.84. The van der Waals surface area contributed by atoms with E-state index in [0.717, 1.165) is 31.2 Å². The van der Waals surface area contributed by atoms with Crippen LogP contribution < -0.4 is 0 Å². The Hall–Kier alpha value is -1.57. The van der Waals surface area contributed by atoms with Gasteiger partial charge >= 0.3 is 0 Å². The number of carbonyl (C=O) groups excluding carboxylic acids is 1. The summed E-state index contributed by atoms with van der Waals surface area (Å²) >= 11 is 0. The maximum atomic E-state index is 10.8. The number of aromatic amines is 1. The molecule has 1 aliphatic carbocycles. The van der Waals surface area contributed by atoms with Crippen molar-refractivity contribution in [2.75, 3.05) is 0 Å². The van der Waals surface area contributed by atoms with Crippen LogP contribution in [-0.2, 0) is 6.42 Å². The van der Waals surface area contributed by atoms with E-state index < -0.39 is 0 Å². The highest BCUT2D eigenvalue weighted by Gasteiger charge is 2.25. The fraction of sp³-hybridized carbons (Fsp3) is 0.438. The SMILES string of the molecule is C/C=C\C(=C/CC)CC1CCc2[nH]c(C=O)cc21. The van der Waals surface area contributed by atoms with Crippen molar-refractivity contribution in [2.45, 2.75) is 45.4 Å². The van der Waals surface area contributed by atoms with E-state index in [1.807, 2.05) is 6.07 Å². The summed E-state index contributed by atoms with van der Waals surface area (Å²) in [5.41, 5.74) is 4.74. The van der Waals surface area contributed by atoms with Gasteiger partial charge in [0, 0.05) is 5.69 Å². The van der Waals surface area contributed by atoms with E-state index in [-0.39, 0.29) is 0 Å². The average molecular weight is 243 g/mol. The summed E-state index contributed by atoms with van der Waals surface area (Å²) in [6, 6.07) is 2.03. The molecular formula is C16H21NO. The molecule has 0 amide bonds. The zero-order valence-corrected chi connectivity index (χ0v) is 11.2. The van der Waals surface area contributed by atoms with Crippen molar-refractivity contribution >= 4 is 6.29 Å². The Morgan fingerprint density at radius 2 is 2.39 bits per heavy atom. The predicted molar refractivity (Wildman–Crippen MR) is 75.0 cm³/mol. The lowest BCUT2D eigenvalue weighted by molar-refractivity contribution is 0.111. The van der Waals surface area contributed by atoms with E-state index in [1.54, 1.807) is 0 Å². The molecule has 18 heavy (non-hydrogen) atoms. The van der Waals surface area contributed by atoms with Gasteiger partial charge in [-0.3, -0.25) is 4.79 Å². The van der Waals surface area contributed by atoms with Crippen molar-refractivity contribution in [3.8, 4) is 0 Å². The van der Waals surface area contributed by atoms with Crippen LogP contribution in [0.25, 0.3) is 0 Å². The number of aryl methyl sites for hydroxylation is 1. The standard InChI is InChI=1S/C16H21NO/c1-3-5-12(6-4-2)9-13-7-8-16-15(13)10-14(11-18)17-16/h3,5-6,10-11,13,17H,4,7-9H2,1-2H3/b5-3-,12-6+. The number of carbonyl (C=O) groups is 1. The third-order valence-corrected chi connectivity index (χ3v) is 3.59. The molecule has 1 aromatic heterocycles. The molecule has 0 bridgehead atoms. The van der Waals surface area contributed by atoms with Crippen LogP contribution >= 0.6 is 0 Å². The monoisotopic (exact) mass is 243 g/mol. The Labute approximate surface area is 109 Å². The molecule has 0 aliphatic heterocycles. The molecule has 1 heterocycles. The number of nitrogens with one attached hydrogen (secondary N) is 1. The van der Waals surface area contributed by atoms with Gasteiger partial charge in [0.05, 0.1) is 5.69 Å². The van der Waals surface area contributed by atoms with Crippen LogP contribution in [0.2, 0.25) is 0 Å². The highest BCUT2D eigenvalue weighted by atomic mass is 16.1. The quantitative estimate of drug-likeness (QED) is 0.611. The molecule has 1 N–H and O–H groups in total. The Kier molecular flexibility index (Phi) is 4.19. The van der Waals surface area contributed by atoms with Gasteiger partial charge in [0.2, 0.25) is 0 Å². The molecule has 1 aliphatic rings. The zero-order chi connectivity index (χ0) is 13.0. The van der Waals surface area contributed by atoms with Gasteiger partial charge in [0.15, 0.2) is 6.29 Å². The number of hydrogen-bond donors (Lipinski definition) is 1. The van der Waals surface area contributed by atoms with Crippen LogP contribution in [-0.4, -0.2) is 11.3 Å². The first-order valence-electron chi connectivity index (χ1n) is 6.77. The van der Waals surface area contributed by atoms with E-state index in [1.165, 1.54) is 23.3 Å². The molecule has 96 valence electrons. The smallest absolute Gasteiger partial charge is 0.166 e. The van der Waals surface area contributed by atoms with Crippen molar-refractivity contribution in [3.63, 3.8) is 0 Å². The van der Waals surface area contributed by atoms with Crippen LogP contribution in [0.4, 0.5) is 0 Å². The van der Waals surface area contributed by atoms with Crippen molar-refractivity contribution in [3.05, 3.63) is 46.8 Å². The highest BCUT2D eigenvalue weighted by molar-refractivity contribution is 5.73. The third kappa shape index (κ3) is 2.63. The van der Waals surface area contributed by atoms with Gasteiger partial charge in [-0.05, 0) is 50.2 Å². The summed E-state index contributed by atoms with van der Waals surface area (Å²) < 4.78 is 0. The molecule has 1 aromatic rings. The maximum Gasteiger partial charge on any atom is 0.166 e. The molecule has 0 saturated heterocycles. The minimum Gasteiger partial charge on any atom is -0.356 e. The van der Waals surface area contributed by atoms with Gasteiger partial charge in [-0.25, -0.2) is 0 Å². The highest BCUT2D eigenvalue weighted by Crippen LogP contribution is 2.37. The van der Waals surface area contributed by atoms with Crippen molar-refractivity contribution in [1.82, 2.24) is 4.98 Å². The van der Waals surface area contributed by atoms with Crippen LogP contribution in [0.5, 0.6) is 0 Å². The second-order valence-electron chi connectivity index (χ2n) is 4.90. The average Bonchev–Trinajstić information content (AvgIpc) is 2.91. The summed E-state index contributed by atoms with van der Waals surface area (Å²) in [5.74, 6) is 0.568. The lowest BCUT2D eigenvalue weighted by Crippen LogP contribution is -1.94. The van der Waals surface area contributed by atoms with Crippen molar-refractivity contribution < 1.29 is 4.79 Å². The molecule has 0 saturated carbocycles. The first-order chi connectivity index (χ1) is 8.78. The van der Waals surface area contributed by atoms with Crippen molar-refractivity contribution in [1.29, 1.82) is 0 Å². The zero-order valence-electron chi connectivity index (χ0n) is 11.2. The molecule has 0 fully saturated rings. The lowest BCUT2D eigenvalue weighted by atomic mass is 9.94. The van der Waals surface area contributed by atoms with Crippen LogP contribution in [0.3, 0.4) is 0 Å². The topological polar surface area (TPSA) is 32.9 Å². The largest absolute Gasteiger partial charge is 0.356 e. The number of hydrogen-bond acceptors (Lipinski definition) is 1. The Morgan fingerprint density at radius 1 is 1.56 bits per heavy atom. The van der Waals surface area contributed by atoms with E-state index in [0.29, 0.717) is 5.92 Å².